The van der Waals surface area contributed by atoms with Gasteiger partial charge in [0, 0.05) is 36.9 Å². The van der Waals surface area contributed by atoms with Crippen molar-refractivity contribution in [3.8, 4) is 0 Å². The molecule has 0 radical (unpaired) electrons. The number of carbonyl (C=O) groups is 1. The summed E-state index contributed by atoms with van der Waals surface area (Å²) >= 11 is 1.70. The highest BCUT2D eigenvalue weighted by Gasteiger charge is 2.54. The Morgan fingerprint density at radius 2 is 2.17 bits per heavy atom. The molecule has 1 atom stereocenters. The SMILES string of the molecule is O=C1N(CC2CC2)c2ccccc2[C@]12CCN(Cc1nccs1)C2. The average molecular weight is 339 g/mol. The number of carbonyl (C=O) groups excluding carboxylic acids is 1. The van der Waals surface area contributed by atoms with Gasteiger partial charge in [-0.25, -0.2) is 4.98 Å². The van der Waals surface area contributed by atoms with E-state index >= 15 is 0 Å². The third kappa shape index (κ3) is 2.22. The number of rotatable bonds is 4. The van der Waals surface area contributed by atoms with Gasteiger partial charge in [0.05, 0.1) is 12.0 Å². The lowest BCUT2D eigenvalue weighted by Gasteiger charge is -2.24. The Kier molecular flexibility index (Phi) is 3.28. The number of amides is 1. The van der Waals surface area contributed by atoms with Crippen molar-refractivity contribution in [3.63, 3.8) is 0 Å². The summed E-state index contributed by atoms with van der Waals surface area (Å²) in [5.74, 6) is 1.04. The lowest BCUT2D eigenvalue weighted by Crippen LogP contribution is -2.43. The molecule has 124 valence electrons. The van der Waals surface area contributed by atoms with E-state index in [1.54, 1.807) is 11.3 Å². The molecule has 1 saturated heterocycles. The molecule has 1 aliphatic carbocycles. The van der Waals surface area contributed by atoms with Crippen molar-refractivity contribution in [1.82, 2.24) is 9.88 Å². The first-order valence-electron chi connectivity index (χ1n) is 8.78. The van der Waals surface area contributed by atoms with E-state index in [0.29, 0.717) is 11.8 Å². The van der Waals surface area contributed by atoms with Crippen molar-refractivity contribution in [2.45, 2.75) is 31.2 Å². The van der Waals surface area contributed by atoms with Gasteiger partial charge in [0.1, 0.15) is 5.01 Å². The van der Waals surface area contributed by atoms with Crippen molar-refractivity contribution >= 4 is 22.9 Å². The van der Waals surface area contributed by atoms with Gasteiger partial charge in [-0.2, -0.15) is 0 Å². The largest absolute Gasteiger partial charge is 0.311 e. The van der Waals surface area contributed by atoms with Gasteiger partial charge in [0.2, 0.25) is 5.91 Å². The van der Waals surface area contributed by atoms with E-state index in [-0.39, 0.29) is 5.41 Å². The Morgan fingerprint density at radius 1 is 1.29 bits per heavy atom. The number of hydrogen-bond acceptors (Lipinski definition) is 4. The highest BCUT2D eigenvalue weighted by atomic mass is 32.1. The van der Waals surface area contributed by atoms with Crippen LogP contribution in [0.1, 0.15) is 29.8 Å². The number of aromatic nitrogens is 1. The smallest absolute Gasteiger partial charge is 0.239 e. The number of thiazole rings is 1. The fraction of sp³-hybridized carbons (Fsp3) is 0.474. The summed E-state index contributed by atoms with van der Waals surface area (Å²) in [6.07, 6.45) is 5.33. The molecule has 2 aliphatic heterocycles. The van der Waals surface area contributed by atoms with Crippen LogP contribution in [0, 0.1) is 5.92 Å². The summed E-state index contributed by atoms with van der Waals surface area (Å²) in [4.78, 5) is 22.3. The first-order valence-corrected chi connectivity index (χ1v) is 9.66. The molecule has 1 spiro atoms. The minimum atomic E-state index is -0.331. The number of hydrogen-bond donors (Lipinski definition) is 0. The number of anilines is 1. The van der Waals surface area contributed by atoms with Crippen LogP contribution in [-0.4, -0.2) is 35.4 Å². The quantitative estimate of drug-likeness (QED) is 0.859. The maximum atomic E-state index is 13.4. The summed E-state index contributed by atoms with van der Waals surface area (Å²) in [6, 6.07) is 8.45. The number of para-hydroxylation sites is 1. The van der Waals surface area contributed by atoms with Crippen LogP contribution in [0.3, 0.4) is 0 Å². The standard InChI is InChI=1S/C19H21N3OS/c23-18-19(7-9-21(13-19)12-17-20-8-10-24-17)15-3-1-2-4-16(15)22(18)11-14-5-6-14/h1-4,8,10,14H,5-7,9,11-13H2/t19-/m1/s1. The fourth-order valence-corrected chi connectivity index (χ4v) is 4.93. The third-order valence-electron chi connectivity index (χ3n) is 5.69. The minimum Gasteiger partial charge on any atom is -0.311 e. The van der Waals surface area contributed by atoms with E-state index in [1.807, 2.05) is 11.6 Å². The van der Waals surface area contributed by atoms with E-state index in [0.717, 1.165) is 43.3 Å². The van der Waals surface area contributed by atoms with Crippen LogP contribution >= 0.6 is 11.3 Å². The summed E-state index contributed by atoms with van der Waals surface area (Å²) in [6.45, 7) is 3.56. The topological polar surface area (TPSA) is 36.4 Å². The van der Waals surface area contributed by atoms with Crippen LogP contribution in [-0.2, 0) is 16.8 Å². The average Bonchev–Trinajstić information content (AvgIpc) is 3.03. The zero-order valence-electron chi connectivity index (χ0n) is 13.6. The number of likely N-dealkylation sites (tertiary alicyclic amines) is 1. The van der Waals surface area contributed by atoms with Gasteiger partial charge in [-0.15, -0.1) is 11.3 Å². The van der Waals surface area contributed by atoms with Crippen LogP contribution in [0.5, 0.6) is 0 Å². The predicted molar refractivity (Wildman–Crippen MR) is 95.2 cm³/mol. The fourth-order valence-electron chi connectivity index (χ4n) is 4.28. The minimum absolute atomic E-state index is 0.331. The van der Waals surface area contributed by atoms with Gasteiger partial charge in [-0.05, 0) is 36.8 Å². The molecule has 2 aromatic rings. The Balaban J connectivity index is 1.45. The molecule has 0 unspecified atom stereocenters. The summed E-state index contributed by atoms with van der Waals surface area (Å²) < 4.78 is 0. The van der Waals surface area contributed by atoms with Crippen molar-refractivity contribution < 1.29 is 4.79 Å². The maximum absolute atomic E-state index is 13.4. The Hall–Kier alpha value is -1.72. The van der Waals surface area contributed by atoms with Gasteiger partial charge in [0.25, 0.3) is 0 Å². The number of benzene rings is 1. The molecule has 3 heterocycles. The first-order chi connectivity index (χ1) is 11.8. The molecule has 1 aromatic heterocycles. The molecule has 3 aliphatic rings. The zero-order valence-corrected chi connectivity index (χ0v) is 14.5. The molecule has 0 N–H and O–H groups in total. The predicted octanol–water partition coefficient (Wildman–Crippen LogP) is 3.04. The van der Waals surface area contributed by atoms with Gasteiger partial charge in [0.15, 0.2) is 0 Å². The number of nitrogens with zero attached hydrogens (tertiary/aromatic N) is 3. The van der Waals surface area contributed by atoms with E-state index in [9.17, 15) is 4.79 Å². The molecular weight excluding hydrogens is 318 g/mol. The van der Waals surface area contributed by atoms with E-state index in [2.05, 4.69) is 39.0 Å². The summed E-state index contributed by atoms with van der Waals surface area (Å²) in [7, 11) is 0. The molecular formula is C19H21N3OS. The molecule has 24 heavy (non-hydrogen) atoms. The van der Waals surface area contributed by atoms with Crippen molar-refractivity contribution in [2.75, 3.05) is 24.5 Å². The van der Waals surface area contributed by atoms with E-state index < -0.39 is 0 Å². The molecule has 5 heteroatoms. The van der Waals surface area contributed by atoms with E-state index in [4.69, 9.17) is 0 Å². The molecule has 1 saturated carbocycles. The first kappa shape index (κ1) is 14.6. The van der Waals surface area contributed by atoms with E-state index in [1.165, 1.54) is 18.4 Å². The van der Waals surface area contributed by atoms with Crippen LogP contribution in [0.15, 0.2) is 35.8 Å². The molecule has 1 amide bonds. The van der Waals surface area contributed by atoms with Gasteiger partial charge in [-0.1, -0.05) is 18.2 Å². The summed E-state index contributed by atoms with van der Waals surface area (Å²) in [5.41, 5.74) is 2.07. The summed E-state index contributed by atoms with van der Waals surface area (Å²) in [5, 5.41) is 3.16. The van der Waals surface area contributed by atoms with Crippen LogP contribution in [0.25, 0.3) is 0 Å². The maximum Gasteiger partial charge on any atom is 0.239 e. The lowest BCUT2D eigenvalue weighted by atomic mass is 9.81. The van der Waals surface area contributed by atoms with Gasteiger partial charge < -0.3 is 4.90 Å². The van der Waals surface area contributed by atoms with Crippen LogP contribution in [0.2, 0.25) is 0 Å². The van der Waals surface area contributed by atoms with Crippen molar-refractivity contribution in [3.05, 3.63) is 46.4 Å². The normalized spacial score (nSPS) is 26.5. The third-order valence-corrected chi connectivity index (χ3v) is 6.46. The zero-order chi connectivity index (χ0) is 16.1. The Morgan fingerprint density at radius 3 is 2.96 bits per heavy atom. The monoisotopic (exact) mass is 339 g/mol. The molecule has 2 fully saturated rings. The van der Waals surface area contributed by atoms with Gasteiger partial charge >= 0.3 is 0 Å². The second kappa shape index (κ2) is 5.39. The Bertz CT molecular complexity index is 771. The molecule has 4 nitrogen and oxygen atoms in total. The highest BCUT2D eigenvalue weighted by Crippen LogP contribution is 2.48. The van der Waals surface area contributed by atoms with Crippen LogP contribution in [0.4, 0.5) is 5.69 Å². The molecule has 1 aromatic carbocycles. The van der Waals surface area contributed by atoms with Crippen molar-refractivity contribution in [1.29, 1.82) is 0 Å². The second-order valence-corrected chi connectivity index (χ2v) is 8.32. The van der Waals surface area contributed by atoms with Crippen molar-refractivity contribution in [2.24, 2.45) is 5.92 Å². The lowest BCUT2D eigenvalue weighted by molar-refractivity contribution is -0.122. The molecule has 0 bridgehead atoms. The van der Waals surface area contributed by atoms with Gasteiger partial charge in [-0.3, -0.25) is 9.69 Å². The Labute approximate surface area is 146 Å². The number of fused-ring (bicyclic) bond motifs is 2. The highest BCUT2D eigenvalue weighted by molar-refractivity contribution is 7.09. The van der Waals surface area contributed by atoms with Crippen LogP contribution < -0.4 is 4.90 Å². The molecule has 5 rings (SSSR count). The second-order valence-electron chi connectivity index (χ2n) is 7.34.